The molecule has 0 saturated heterocycles. The fourth-order valence-electron chi connectivity index (χ4n) is 2.50. The van der Waals surface area contributed by atoms with Crippen LogP contribution in [-0.4, -0.2) is 27.7 Å². The minimum Gasteiger partial charge on any atom is -0.393 e. The van der Waals surface area contributed by atoms with Gasteiger partial charge in [0.05, 0.1) is 6.10 Å². The first kappa shape index (κ1) is 13.6. The quantitative estimate of drug-likeness (QED) is 0.826. The molecule has 2 rings (SSSR count). The summed E-state index contributed by atoms with van der Waals surface area (Å²) in [4.78, 5) is 8.30. The standard InChI is InChI=1S/C13H20ClN3O/c1-8(2)11-12(14)16-7-17-13(11)15-6-9-3-4-10(18)5-9/h7-10,18H,3-6H2,1-2H3,(H,15,16,17). The summed E-state index contributed by atoms with van der Waals surface area (Å²) in [6.07, 6.45) is 4.22. The van der Waals surface area contributed by atoms with Gasteiger partial charge in [-0.05, 0) is 31.1 Å². The van der Waals surface area contributed by atoms with E-state index in [-0.39, 0.29) is 12.0 Å². The van der Waals surface area contributed by atoms with Crippen LogP contribution in [0.1, 0.15) is 44.6 Å². The molecule has 2 N–H and O–H groups in total. The predicted octanol–water partition coefficient (Wildman–Crippen LogP) is 2.83. The zero-order chi connectivity index (χ0) is 13.1. The number of halogens is 1. The van der Waals surface area contributed by atoms with Gasteiger partial charge in [0.1, 0.15) is 17.3 Å². The van der Waals surface area contributed by atoms with Crippen LogP contribution < -0.4 is 5.32 Å². The summed E-state index contributed by atoms with van der Waals surface area (Å²) in [5.74, 6) is 1.63. The van der Waals surface area contributed by atoms with E-state index in [0.717, 1.165) is 37.2 Å². The molecular formula is C13H20ClN3O. The third-order valence-corrected chi connectivity index (χ3v) is 3.79. The highest BCUT2D eigenvalue weighted by Gasteiger charge is 2.23. The molecule has 0 bridgehead atoms. The van der Waals surface area contributed by atoms with Crippen LogP contribution in [0, 0.1) is 5.92 Å². The Labute approximate surface area is 113 Å². The van der Waals surface area contributed by atoms with Crippen molar-refractivity contribution in [2.24, 2.45) is 5.92 Å². The minimum absolute atomic E-state index is 0.129. The molecule has 1 aliphatic carbocycles. The van der Waals surface area contributed by atoms with Crippen LogP contribution in [0.4, 0.5) is 5.82 Å². The molecule has 0 spiro atoms. The zero-order valence-electron chi connectivity index (χ0n) is 10.9. The van der Waals surface area contributed by atoms with Crippen molar-refractivity contribution in [2.75, 3.05) is 11.9 Å². The van der Waals surface area contributed by atoms with Crippen molar-refractivity contribution in [3.8, 4) is 0 Å². The molecule has 1 aromatic heterocycles. The number of aromatic nitrogens is 2. The van der Waals surface area contributed by atoms with Crippen LogP contribution in [0.25, 0.3) is 0 Å². The van der Waals surface area contributed by atoms with Gasteiger partial charge in [0.25, 0.3) is 0 Å². The summed E-state index contributed by atoms with van der Waals surface area (Å²) >= 11 is 6.11. The molecule has 2 atom stereocenters. The summed E-state index contributed by atoms with van der Waals surface area (Å²) in [5.41, 5.74) is 0.970. The number of hydrogen-bond acceptors (Lipinski definition) is 4. The van der Waals surface area contributed by atoms with Gasteiger partial charge in [-0.1, -0.05) is 25.4 Å². The SMILES string of the molecule is CC(C)c1c(Cl)ncnc1NCC1CCC(O)C1. The number of aliphatic hydroxyl groups is 1. The second-order valence-corrected chi connectivity index (χ2v) is 5.65. The van der Waals surface area contributed by atoms with E-state index in [2.05, 4.69) is 29.1 Å². The van der Waals surface area contributed by atoms with Crippen molar-refractivity contribution in [1.82, 2.24) is 9.97 Å². The number of aliphatic hydroxyl groups excluding tert-OH is 1. The maximum absolute atomic E-state index is 9.51. The topological polar surface area (TPSA) is 58.0 Å². The highest BCUT2D eigenvalue weighted by atomic mass is 35.5. The predicted molar refractivity (Wildman–Crippen MR) is 73.0 cm³/mol. The van der Waals surface area contributed by atoms with Gasteiger partial charge in [-0.25, -0.2) is 9.97 Å². The van der Waals surface area contributed by atoms with E-state index >= 15 is 0 Å². The van der Waals surface area contributed by atoms with E-state index in [0.29, 0.717) is 11.1 Å². The largest absolute Gasteiger partial charge is 0.393 e. The fraction of sp³-hybridized carbons (Fsp3) is 0.692. The van der Waals surface area contributed by atoms with Crippen LogP contribution in [0.2, 0.25) is 5.15 Å². The van der Waals surface area contributed by atoms with Crippen molar-refractivity contribution >= 4 is 17.4 Å². The number of anilines is 1. The zero-order valence-corrected chi connectivity index (χ0v) is 11.6. The normalized spacial score (nSPS) is 23.6. The first-order valence-corrected chi connectivity index (χ1v) is 6.88. The molecule has 1 aromatic rings. The molecule has 5 heteroatoms. The van der Waals surface area contributed by atoms with Gasteiger partial charge in [-0.3, -0.25) is 0 Å². The first-order valence-electron chi connectivity index (χ1n) is 6.50. The Morgan fingerprint density at radius 3 is 2.83 bits per heavy atom. The molecule has 0 radical (unpaired) electrons. The van der Waals surface area contributed by atoms with E-state index in [9.17, 15) is 5.11 Å². The Balaban J connectivity index is 2.03. The Morgan fingerprint density at radius 2 is 2.22 bits per heavy atom. The number of nitrogens with zero attached hydrogens (tertiary/aromatic N) is 2. The summed E-state index contributed by atoms with van der Waals surface area (Å²) in [6.45, 7) is 4.99. The molecule has 0 amide bonds. The van der Waals surface area contributed by atoms with Crippen LogP contribution in [0.3, 0.4) is 0 Å². The molecule has 1 saturated carbocycles. The number of hydrogen-bond donors (Lipinski definition) is 2. The summed E-state index contributed by atoms with van der Waals surface area (Å²) < 4.78 is 0. The lowest BCUT2D eigenvalue weighted by Crippen LogP contribution is -2.15. The third-order valence-electron chi connectivity index (χ3n) is 3.48. The maximum atomic E-state index is 9.51. The Bertz CT molecular complexity index is 411. The molecule has 4 nitrogen and oxygen atoms in total. The third kappa shape index (κ3) is 3.12. The smallest absolute Gasteiger partial charge is 0.138 e. The lowest BCUT2D eigenvalue weighted by atomic mass is 10.1. The van der Waals surface area contributed by atoms with Crippen LogP contribution in [0.15, 0.2) is 6.33 Å². The molecular weight excluding hydrogens is 250 g/mol. The van der Waals surface area contributed by atoms with Gasteiger partial charge in [0.2, 0.25) is 0 Å². The molecule has 100 valence electrons. The van der Waals surface area contributed by atoms with Crippen LogP contribution in [0.5, 0.6) is 0 Å². The lowest BCUT2D eigenvalue weighted by Gasteiger charge is -2.16. The molecule has 1 fully saturated rings. The molecule has 2 unspecified atom stereocenters. The van der Waals surface area contributed by atoms with Crippen molar-refractivity contribution in [3.63, 3.8) is 0 Å². The molecule has 0 aromatic carbocycles. The van der Waals surface area contributed by atoms with E-state index in [1.807, 2.05) is 0 Å². The van der Waals surface area contributed by atoms with Crippen molar-refractivity contribution in [2.45, 2.75) is 45.1 Å². The monoisotopic (exact) mass is 269 g/mol. The van der Waals surface area contributed by atoms with E-state index in [1.165, 1.54) is 6.33 Å². The van der Waals surface area contributed by atoms with Crippen molar-refractivity contribution < 1.29 is 5.11 Å². The Morgan fingerprint density at radius 1 is 1.44 bits per heavy atom. The van der Waals surface area contributed by atoms with Crippen molar-refractivity contribution in [3.05, 3.63) is 17.0 Å². The highest BCUT2D eigenvalue weighted by molar-refractivity contribution is 6.30. The average molecular weight is 270 g/mol. The number of rotatable bonds is 4. The van der Waals surface area contributed by atoms with E-state index in [1.54, 1.807) is 0 Å². The van der Waals surface area contributed by atoms with Gasteiger partial charge in [0, 0.05) is 12.1 Å². The Kier molecular flexibility index (Phi) is 4.40. The summed E-state index contributed by atoms with van der Waals surface area (Å²) in [6, 6.07) is 0. The molecule has 0 aliphatic heterocycles. The summed E-state index contributed by atoms with van der Waals surface area (Å²) in [7, 11) is 0. The molecule has 1 aliphatic rings. The van der Waals surface area contributed by atoms with Crippen LogP contribution >= 0.6 is 11.6 Å². The molecule has 18 heavy (non-hydrogen) atoms. The van der Waals surface area contributed by atoms with Gasteiger partial charge in [0.15, 0.2) is 0 Å². The van der Waals surface area contributed by atoms with Gasteiger partial charge < -0.3 is 10.4 Å². The van der Waals surface area contributed by atoms with Gasteiger partial charge >= 0.3 is 0 Å². The first-order chi connectivity index (χ1) is 8.58. The van der Waals surface area contributed by atoms with Crippen LogP contribution in [-0.2, 0) is 0 Å². The Hall–Kier alpha value is -0.870. The fourth-order valence-corrected chi connectivity index (χ4v) is 2.85. The highest BCUT2D eigenvalue weighted by Crippen LogP contribution is 2.30. The van der Waals surface area contributed by atoms with Gasteiger partial charge in [-0.15, -0.1) is 0 Å². The lowest BCUT2D eigenvalue weighted by molar-refractivity contribution is 0.178. The average Bonchev–Trinajstić information content (AvgIpc) is 2.72. The van der Waals surface area contributed by atoms with E-state index in [4.69, 9.17) is 11.6 Å². The second-order valence-electron chi connectivity index (χ2n) is 5.30. The number of nitrogens with one attached hydrogen (secondary N) is 1. The molecule has 1 heterocycles. The second kappa shape index (κ2) is 5.85. The van der Waals surface area contributed by atoms with E-state index < -0.39 is 0 Å². The summed E-state index contributed by atoms with van der Waals surface area (Å²) in [5, 5.41) is 13.4. The van der Waals surface area contributed by atoms with Gasteiger partial charge in [-0.2, -0.15) is 0 Å². The minimum atomic E-state index is -0.129. The maximum Gasteiger partial charge on any atom is 0.138 e. The van der Waals surface area contributed by atoms with Crippen molar-refractivity contribution in [1.29, 1.82) is 0 Å².